The average molecular weight is 201 g/mol. The van der Waals surface area contributed by atoms with Gasteiger partial charge in [0.25, 0.3) is 0 Å². The summed E-state index contributed by atoms with van der Waals surface area (Å²) in [6.07, 6.45) is 0. The Kier molecular flexibility index (Phi) is 4.86. The SMILES string of the molecule is CC(C(=O)O)=C(C)C(=O)NC(C)CO. The first-order chi connectivity index (χ1) is 6.40. The molecule has 1 atom stereocenters. The third-order valence-electron chi connectivity index (χ3n) is 1.88. The molecular formula is C9H15NO4. The Morgan fingerprint density at radius 2 is 1.79 bits per heavy atom. The molecule has 0 saturated heterocycles. The molecule has 0 fully saturated rings. The van der Waals surface area contributed by atoms with Crippen LogP contribution in [0.3, 0.4) is 0 Å². The lowest BCUT2D eigenvalue weighted by Crippen LogP contribution is -2.36. The van der Waals surface area contributed by atoms with E-state index in [2.05, 4.69) is 5.32 Å². The van der Waals surface area contributed by atoms with Gasteiger partial charge in [-0.15, -0.1) is 0 Å². The Labute approximate surface area is 82.4 Å². The number of aliphatic carboxylic acids is 1. The molecule has 0 aromatic carbocycles. The van der Waals surface area contributed by atoms with E-state index in [-0.39, 0.29) is 23.8 Å². The highest BCUT2D eigenvalue weighted by Gasteiger charge is 2.13. The summed E-state index contributed by atoms with van der Waals surface area (Å²) in [5.74, 6) is -1.58. The van der Waals surface area contributed by atoms with E-state index in [0.717, 1.165) is 0 Å². The zero-order valence-electron chi connectivity index (χ0n) is 8.50. The number of carboxylic acid groups (broad SMARTS) is 1. The van der Waals surface area contributed by atoms with Gasteiger partial charge in [-0.1, -0.05) is 0 Å². The van der Waals surface area contributed by atoms with Crippen molar-refractivity contribution in [3.63, 3.8) is 0 Å². The van der Waals surface area contributed by atoms with E-state index in [1.54, 1.807) is 6.92 Å². The van der Waals surface area contributed by atoms with Crippen LogP contribution >= 0.6 is 0 Å². The molecule has 14 heavy (non-hydrogen) atoms. The first kappa shape index (κ1) is 12.6. The topological polar surface area (TPSA) is 86.6 Å². The minimum absolute atomic E-state index is 0.00707. The summed E-state index contributed by atoms with van der Waals surface area (Å²) < 4.78 is 0. The lowest BCUT2D eigenvalue weighted by molar-refractivity contribution is -0.133. The number of carbonyl (C=O) groups is 2. The first-order valence-electron chi connectivity index (χ1n) is 4.22. The van der Waals surface area contributed by atoms with Gasteiger partial charge in [0.15, 0.2) is 0 Å². The maximum atomic E-state index is 11.3. The van der Waals surface area contributed by atoms with Crippen molar-refractivity contribution < 1.29 is 19.8 Å². The molecule has 1 unspecified atom stereocenters. The smallest absolute Gasteiger partial charge is 0.331 e. The van der Waals surface area contributed by atoms with Crippen LogP contribution in [0.5, 0.6) is 0 Å². The maximum absolute atomic E-state index is 11.3. The van der Waals surface area contributed by atoms with Crippen LogP contribution in [-0.4, -0.2) is 34.7 Å². The molecule has 0 bridgehead atoms. The van der Waals surface area contributed by atoms with Crippen LogP contribution in [0, 0.1) is 0 Å². The van der Waals surface area contributed by atoms with E-state index in [4.69, 9.17) is 10.2 Å². The number of nitrogens with one attached hydrogen (secondary N) is 1. The first-order valence-corrected chi connectivity index (χ1v) is 4.22. The predicted octanol–water partition coefficient (Wildman–Crippen LogP) is -0.0956. The third kappa shape index (κ3) is 3.57. The summed E-state index contributed by atoms with van der Waals surface area (Å²) in [5, 5.41) is 19.7. The lowest BCUT2D eigenvalue weighted by Gasteiger charge is -2.11. The number of carboxylic acids is 1. The van der Waals surface area contributed by atoms with Gasteiger partial charge in [-0.2, -0.15) is 0 Å². The minimum atomic E-state index is -1.12. The molecule has 0 aliphatic carbocycles. The standard InChI is InChI=1S/C9H15NO4/c1-5(4-11)10-8(12)6(2)7(3)9(13)14/h5,11H,4H2,1-3H3,(H,10,12)(H,13,14). The highest BCUT2D eigenvalue weighted by atomic mass is 16.4. The van der Waals surface area contributed by atoms with Gasteiger partial charge in [0.1, 0.15) is 0 Å². The third-order valence-corrected chi connectivity index (χ3v) is 1.88. The molecule has 0 aliphatic rings. The normalized spacial score (nSPS) is 14.3. The van der Waals surface area contributed by atoms with Crippen LogP contribution in [0.25, 0.3) is 0 Å². The van der Waals surface area contributed by atoms with Crippen molar-refractivity contribution >= 4 is 11.9 Å². The summed E-state index contributed by atoms with van der Waals surface area (Å²) in [6, 6.07) is -0.376. The summed E-state index contributed by atoms with van der Waals surface area (Å²) in [5.41, 5.74) is 0.158. The lowest BCUT2D eigenvalue weighted by atomic mass is 10.1. The van der Waals surface area contributed by atoms with Gasteiger partial charge >= 0.3 is 5.97 Å². The number of carbonyl (C=O) groups excluding carboxylic acids is 1. The molecule has 0 aromatic rings. The van der Waals surface area contributed by atoms with Crippen LogP contribution < -0.4 is 5.32 Å². The van der Waals surface area contributed by atoms with E-state index in [1.807, 2.05) is 0 Å². The zero-order chi connectivity index (χ0) is 11.3. The van der Waals surface area contributed by atoms with E-state index < -0.39 is 11.9 Å². The molecular weight excluding hydrogens is 186 g/mol. The Bertz CT molecular complexity index is 270. The molecule has 0 aromatic heterocycles. The summed E-state index contributed by atoms with van der Waals surface area (Å²) in [6.45, 7) is 4.25. The van der Waals surface area contributed by atoms with Crippen molar-refractivity contribution in [3.05, 3.63) is 11.1 Å². The second kappa shape index (κ2) is 5.39. The molecule has 0 rings (SSSR count). The zero-order valence-corrected chi connectivity index (χ0v) is 8.50. The summed E-state index contributed by atoms with van der Waals surface area (Å²) in [7, 11) is 0. The van der Waals surface area contributed by atoms with Crippen molar-refractivity contribution in [2.45, 2.75) is 26.8 Å². The molecule has 0 radical (unpaired) electrons. The number of hydrogen-bond acceptors (Lipinski definition) is 3. The van der Waals surface area contributed by atoms with Crippen molar-refractivity contribution in [2.24, 2.45) is 0 Å². The van der Waals surface area contributed by atoms with Gasteiger partial charge in [0.05, 0.1) is 6.61 Å². The molecule has 0 spiro atoms. The molecule has 3 N–H and O–H groups in total. The van der Waals surface area contributed by atoms with Gasteiger partial charge in [0.2, 0.25) is 5.91 Å². The van der Waals surface area contributed by atoms with E-state index in [1.165, 1.54) is 13.8 Å². The largest absolute Gasteiger partial charge is 0.478 e. The average Bonchev–Trinajstić information content (AvgIpc) is 2.14. The van der Waals surface area contributed by atoms with E-state index in [9.17, 15) is 9.59 Å². The highest BCUT2D eigenvalue weighted by Crippen LogP contribution is 2.03. The quantitative estimate of drug-likeness (QED) is 0.554. The molecule has 5 nitrogen and oxygen atoms in total. The number of aliphatic hydroxyl groups excluding tert-OH is 1. The molecule has 80 valence electrons. The van der Waals surface area contributed by atoms with Crippen LogP contribution in [0.1, 0.15) is 20.8 Å². The van der Waals surface area contributed by atoms with Gasteiger partial charge in [-0.05, 0) is 20.8 Å². The molecule has 0 aliphatic heterocycles. The Morgan fingerprint density at radius 3 is 2.14 bits per heavy atom. The molecule has 0 heterocycles. The fourth-order valence-electron chi connectivity index (χ4n) is 0.708. The number of rotatable bonds is 4. The van der Waals surface area contributed by atoms with Crippen molar-refractivity contribution in [1.29, 1.82) is 0 Å². The Hall–Kier alpha value is -1.36. The van der Waals surface area contributed by atoms with Crippen LogP contribution in [0.2, 0.25) is 0 Å². The monoisotopic (exact) mass is 201 g/mol. The highest BCUT2D eigenvalue weighted by molar-refractivity contribution is 6.01. The number of aliphatic hydroxyl groups is 1. The molecule has 5 heteroatoms. The van der Waals surface area contributed by atoms with Gasteiger partial charge < -0.3 is 15.5 Å². The van der Waals surface area contributed by atoms with Crippen molar-refractivity contribution in [2.75, 3.05) is 6.61 Å². The number of hydrogen-bond donors (Lipinski definition) is 3. The second-order valence-electron chi connectivity index (χ2n) is 3.11. The van der Waals surface area contributed by atoms with Crippen LogP contribution in [0.15, 0.2) is 11.1 Å². The molecule has 1 amide bonds. The van der Waals surface area contributed by atoms with Crippen molar-refractivity contribution in [3.8, 4) is 0 Å². The van der Waals surface area contributed by atoms with E-state index >= 15 is 0 Å². The maximum Gasteiger partial charge on any atom is 0.331 e. The molecule has 0 saturated carbocycles. The Balaban J connectivity index is 4.54. The minimum Gasteiger partial charge on any atom is -0.478 e. The summed E-state index contributed by atoms with van der Waals surface area (Å²) in [4.78, 5) is 21.8. The fourth-order valence-corrected chi connectivity index (χ4v) is 0.708. The van der Waals surface area contributed by atoms with Gasteiger partial charge in [-0.3, -0.25) is 4.79 Å². The Morgan fingerprint density at radius 1 is 1.29 bits per heavy atom. The van der Waals surface area contributed by atoms with Crippen molar-refractivity contribution in [1.82, 2.24) is 5.32 Å². The van der Waals surface area contributed by atoms with Gasteiger partial charge in [0, 0.05) is 17.2 Å². The number of amides is 1. The summed E-state index contributed by atoms with van der Waals surface area (Å²) >= 11 is 0. The van der Waals surface area contributed by atoms with E-state index in [0.29, 0.717) is 0 Å². The fraction of sp³-hybridized carbons (Fsp3) is 0.556. The second-order valence-corrected chi connectivity index (χ2v) is 3.11. The van der Waals surface area contributed by atoms with Crippen LogP contribution in [0.4, 0.5) is 0 Å². The van der Waals surface area contributed by atoms with Gasteiger partial charge in [-0.25, -0.2) is 4.79 Å². The van der Waals surface area contributed by atoms with Crippen LogP contribution in [-0.2, 0) is 9.59 Å². The predicted molar refractivity (Wildman–Crippen MR) is 50.7 cm³/mol.